The number of rotatable bonds is 3. The number of hydrogen-bond acceptors (Lipinski definition) is 5. The van der Waals surface area contributed by atoms with Gasteiger partial charge in [0.1, 0.15) is 11.4 Å². The monoisotopic (exact) mass is 342 g/mol. The summed E-state index contributed by atoms with van der Waals surface area (Å²) in [5.41, 5.74) is 1.33. The van der Waals surface area contributed by atoms with Gasteiger partial charge in [-0.25, -0.2) is 9.78 Å². The Labute approximate surface area is 147 Å². The lowest BCUT2D eigenvalue weighted by atomic mass is 10.2. The van der Waals surface area contributed by atoms with Gasteiger partial charge < -0.3 is 14.2 Å². The quantitative estimate of drug-likeness (QED) is 0.842. The zero-order valence-electron chi connectivity index (χ0n) is 14.9. The number of amides is 1. The second kappa shape index (κ2) is 6.63. The molecule has 6 nitrogen and oxygen atoms in total. The van der Waals surface area contributed by atoms with E-state index in [1.54, 1.807) is 6.20 Å². The Morgan fingerprint density at radius 2 is 1.96 bits per heavy atom. The van der Waals surface area contributed by atoms with E-state index in [1.165, 1.54) is 4.90 Å². The van der Waals surface area contributed by atoms with E-state index in [-0.39, 0.29) is 6.79 Å². The number of aryl methyl sites for hydroxylation is 1. The zero-order chi connectivity index (χ0) is 18.0. The predicted molar refractivity (Wildman–Crippen MR) is 94.0 cm³/mol. The van der Waals surface area contributed by atoms with Crippen LogP contribution in [0.2, 0.25) is 0 Å². The highest BCUT2D eigenvalue weighted by atomic mass is 16.7. The molecule has 1 aliphatic rings. The molecule has 6 heteroatoms. The van der Waals surface area contributed by atoms with E-state index in [4.69, 9.17) is 14.2 Å². The number of fused-ring (bicyclic) bond motifs is 1. The Balaban J connectivity index is 1.89. The van der Waals surface area contributed by atoms with Crippen LogP contribution in [0.3, 0.4) is 0 Å². The molecule has 1 aliphatic heterocycles. The number of ether oxygens (including phenoxy) is 3. The Hall–Kier alpha value is -2.76. The van der Waals surface area contributed by atoms with Crippen LogP contribution in [0.4, 0.5) is 10.6 Å². The van der Waals surface area contributed by atoms with Crippen molar-refractivity contribution in [3.8, 4) is 11.5 Å². The van der Waals surface area contributed by atoms with Crippen molar-refractivity contribution in [3.05, 3.63) is 47.7 Å². The van der Waals surface area contributed by atoms with Crippen molar-refractivity contribution in [1.29, 1.82) is 0 Å². The first-order valence-electron chi connectivity index (χ1n) is 8.13. The number of carbonyl (C=O) groups is 1. The number of carbonyl (C=O) groups excluding carboxylic acids is 1. The minimum absolute atomic E-state index is 0.216. The summed E-state index contributed by atoms with van der Waals surface area (Å²) in [4.78, 5) is 18.6. The molecule has 1 aromatic heterocycles. The fraction of sp³-hybridized carbons (Fsp3) is 0.368. The molecule has 0 saturated heterocycles. The molecule has 3 rings (SSSR count). The first kappa shape index (κ1) is 17.1. The maximum atomic E-state index is 12.7. The van der Waals surface area contributed by atoms with Gasteiger partial charge in [0, 0.05) is 6.20 Å². The molecule has 0 radical (unpaired) electrons. The number of aromatic nitrogens is 1. The van der Waals surface area contributed by atoms with Crippen LogP contribution in [0, 0.1) is 6.92 Å². The molecule has 0 bridgehead atoms. The highest BCUT2D eigenvalue weighted by Crippen LogP contribution is 2.33. The molecule has 1 amide bonds. The molecule has 0 fully saturated rings. The first-order valence-corrected chi connectivity index (χ1v) is 8.13. The number of benzene rings is 1. The van der Waals surface area contributed by atoms with Crippen LogP contribution in [0.1, 0.15) is 31.9 Å². The molecule has 2 aromatic rings. The van der Waals surface area contributed by atoms with Crippen LogP contribution in [0.25, 0.3) is 0 Å². The number of anilines is 1. The van der Waals surface area contributed by atoms with Gasteiger partial charge in [0.2, 0.25) is 6.79 Å². The van der Waals surface area contributed by atoms with Gasteiger partial charge in [0.05, 0.1) is 6.54 Å². The molecule has 0 unspecified atom stereocenters. The fourth-order valence-corrected chi connectivity index (χ4v) is 2.45. The topological polar surface area (TPSA) is 60.9 Å². The summed E-state index contributed by atoms with van der Waals surface area (Å²) in [7, 11) is 0. The summed E-state index contributed by atoms with van der Waals surface area (Å²) in [6.07, 6.45) is 1.24. The van der Waals surface area contributed by atoms with Crippen LogP contribution in [-0.4, -0.2) is 23.5 Å². The summed E-state index contributed by atoms with van der Waals surface area (Å²) in [6, 6.07) is 9.36. The molecule has 1 aromatic carbocycles. The lowest BCUT2D eigenvalue weighted by Gasteiger charge is -2.27. The highest BCUT2D eigenvalue weighted by Gasteiger charge is 2.25. The first-order chi connectivity index (χ1) is 11.8. The van der Waals surface area contributed by atoms with Gasteiger partial charge in [-0.05, 0) is 63.1 Å². The van der Waals surface area contributed by atoms with Gasteiger partial charge in [0.15, 0.2) is 11.5 Å². The van der Waals surface area contributed by atoms with Crippen LogP contribution in [0.5, 0.6) is 11.5 Å². The maximum Gasteiger partial charge on any atom is 0.416 e. The van der Waals surface area contributed by atoms with Crippen molar-refractivity contribution in [2.75, 3.05) is 11.7 Å². The van der Waals surface area contributed by atoms with E-state index in [1.807, 2.05) is 58.0 Å². The second-order valence-corrected chi connectivity index (χ2v) is 6.95. The van der Waals surface area contributed by atoms with Gasteiger partial charge >= 0.3 is 6.09 Å². The lowest BCUT2D eigenvalue weighted by molar-refractivity contribution is 0.0576. The summed E-state index contributed by atoms with van der Waals surface area (Å²) >= 11 is 0. The number of nitrogens with zero attached hydrogens (tertiary/aromatic N) is 2. The van der Waals surface area contributed by atoms with Gasteiger partial charge in [-0.3, -0.25) is 4.90 Å². The van der Waals surface area contributed by atoms with Crippen LogP contribution in [-0.2, 0) is 11.3 Å². The maximum absolute atomic E-state index is 12.7. The fourth-order valence-electron chi connectivity index (χ4n) is 2.45. The van der Waals surface area contributed by atoms with Crippen LogP contribution < -0.4 is 14.4 Å². The summed E-state index contributed by atoms with van der Waals surface area (Å²) in [5.74, 6) is 1.94. The third-order valence-electron chi connectivity index (χ3n) is 3.57. The Morgan fingerprint density at radius 1 is 1.20 bits per heavy atom. The third kappa shape index (κ3) is 4.21. The summed E-state index contributed by atoms with van der Waals surface area (Å²) in [6.45, 7) is 8.02. The van der Waals surface area contributed by atoms with E-state index in [9.17, 15) is 4.79 Å². The van der Waals surface area contributed by atoms with E-state index < -0.39 is 11.7 Å². The second-order valence-electron chi connectivity index (χ2n) is 6.95. The Kier molecular flexibility index (Phi) is 4.53. The molecule has 0 N–H and O–H groups in total. The molecule has 25 heavy (non-hydrogen) atoms. The number of hydrogen-bond donors (Lipinski definition) is 0. The van der Waals surface area contributed by atoms with Crippen LogP contribution >= 0.6 is 0 Å². The molecule has 0 aliphatic carbocycles. The van der Waals surface area contributed by atoms with Gasteiger partial charge in [-0.15, -0.1) is 0 Å². The van der Waals surface area contributed by atoms with Crippen molar-refractivity contribution in [1.82, 2.24) is 4.98 Å². The third-order valence-corrected chi connectivity index (χ3v) is 3.57. The molecule has 2 heterocycles. The largest absolute Gasteiger partial charge is 0.454 e. The molecule has 0 atom stereocenters. The molecular formula is C19H22N2O4. The van der Waals surface area contributed by atoms with Crippen molar-refractivity contribution in [2.45, 2.75) is 39.8 Å². The Morgan fingerprint density at radius 3 is 2.68 bits per heavy atom. The molecule has 0 saturated carbocycles. The standard InChI is InChI=1S/C19H22N2O4/c1-13-7-8-20-17(9-13)21(18(22)25-19(2,3)4)11-14-5-6-15-16(10-14)24-12-23-15/h5-10H,11-12H2,1-4H3. The van der Waals surface area contributed by atoms with E-state index in [2.05, 4.69) is 4.98 Å². The van der Waals surface area contributed by atoms with Crippen molar-refractivity contribution in [2.24, 2.45) is 0 Å². The van der Waals surface area contributed by atoms with E-state index >= 15 is 0 Å². The lowest BCUT2D eigenvalue weighted by Crippen LogP contribution is -2.37. The van der Waals surface area contributed by atoms with Gasteiger partial charge in [-0.1, -0.05) is 6.07 Å². The predicted octanol–water partition coefficient (Wildman–Crippen LogP) is 4.06. The Bertz CT molecular complexity index is 783. The van der Waals surface area contributed by atoms with E-state index in [0.29, 0.717) is 23.9 Å². The van der Waals surface area contributed by atoms with Gasteiger partial charge in [0.25, 0.3) is 0 Å². The van der Waals surface area contributed by atoms with Gasteiger partial charge in [-0.2, -0.15) is 0 Å². The van der Waals surface area contributed by atoms with Crippen LogP contribution in [0.15, 0.2) is 36.5 Å². The zero-order valence-corrected chi connectivity index (χ0v) is 14.9. The van der Waals surface area contributed by atoms with Crippen molar-refractivity contribution >= 4 is 11.9 Å². The average Bonchev–Trinajstić information content (AvgIpc) is 2.98. The van der Waals surface area contributed by atoms with Crippen molar-refractivity contribution < 1.29 is 19.0 Å². The SMILES string of the molecule is Cc1ccnc(N(Cc2ccc3c(c2)OCO3)C(=O)OC(C)(C)C)c1. The normalized spacial score (nSPS) is 12.8. The molecular weight excluding hydrogens is 320 g/mol. The minimum Gasteiger partial charge on any atom is -0.454 e. The minimum atomic E-state index is -0.589. The molecule has 0 spiro atoms. The number of pyridine rings is 1. The summed E-state index contributed by atoms with van der Waals surface area (Å²) in [5, 5.41) is 0. The average molecular weight is 342 g/mol. The highest BCUT2D eigenvalue weighted by molar-refractivity contribution is 5.86. The smallest absolute Gasteiger partial charge is 0.416 e. The molecule has 132 valence electrons. The summed E-state index contributed by atoms with van der Waals surface area (Å²) < 4.78 is 16.3. The van der Waals surface area contributed by atoms with Crippen molar-refractivity contribution in [3.63, 3.8) is 0 Å². The van der Waals surface area contributed by atoms with E-state index in [0.717, 1.165) is 11.1 Å².